The van der Waals surface area contributed by atoms with Crippen LogP contribution in [0.4, 0.5) is 13.2 Å². The molecule has 1 aromatic rings. The minimum absolute atomic E-state index is 0.182. The number of rotatable bonds is 5. The molecule has 0 fully saturated rings. The first kappa shape index (κ1) is 13.7. The molecule has 1 unspecified atom stereocenters. The van der Waals surface area contributed by atoms with Crippen molar-refractivity contribution in [1.29, 1.82) is 0 Å². The Labute approximate surface area is 97.6 Å². The monoisotopic (exact) mass is 248 g/mol. The van der Waals surface area contributed by atoms with Gasteiger partial charge in [-0.15, -0.1) is 0 Å². The van der Waals surface area contributed by atoms with Gasteiger partial charge in [-0.05, 0) is 19.4 Å². The Balaban J connectivity index is 2.58. The van der Waals surface area contributed by atoms with Gasteiger partial charge in [0.05, 0.1) is 12.1 Å². The highest BCUT2D eigenvalue weighted by molar-refractivity contribution is 5.80. The summed E-state index contributed by atoms with van der Waals surface area (Å²) in [5.41, 5.74) is 0.388. The van der Waals surface area contributed by atoms with Crippen LogP contribution in [0.15, 0.2) is 12.3 Å². The fourth-order valence-electron chi connectivity index (χ4n) is 1.39. The van der Waals surface area contributed by atoms with E-state index >= 15 is 0 Å². The first-order valence-electron chi connectivity index (χ1n) is 5.44. The Morgan fingerprint density at radius 1 is 1.53 bits per heavy atom. The Kier molecular flexibility index (Phi) is 4.31. The highest BCUT2D eigenvalue weighted by atomic mass is 19.4. The van der Waals surface area contributed by atoms with E-state index in [0.29, 0.717) is 5.69 Å². The summed E-state index contributed by atoms with van der Waals surface area (Å²) in [7, 11) is 0. The van der Waals surface area contributed by atoms with Crippen molar-refractivity contribution in [2.75, 3.05) is 0 Å². The summed E-state index contributed by atoms with van der Waals surface area (Å²) in [5.74, 6) is -0.855. The van der Waals surface area contributed by atoms with Crippen molar-refractivity contribution in [3.05, 3.63) is 18.0 Å². The van der Waals surface area contributed by atoms with E-state index in [-0.39, 0.29) is 12.5 Å². The molecule has 0 aliphatic carbocycles. The quantitative estimate of drug-likeness (QED) is 0.803. The molecule has 6 heteroatoms. The summed E-state index contributed by atoms with van der Waals surface area (Å²) in [5, 5.41) is 4.08. The van der Waals surface area contributed by atoms with E-state index in [1.165, 1.54) is 0 Å². The van der Waals surface area contributed by atoms with Crippen molar-refractivity contribution in [2.45, 2.75) is 45.3 Å². The molecule has 0 saturated heterocycles. The molecule has 0 bridgehead atoms. The van der Waals surface area contributed by atoms with Gasteiger partial charge >= 0.3 is 6.18 Å². The Morgan fingerprint density at radius 3 is 2.71 bits per heavy atom. The lowest BCUT2D eigenvalue weighted by molar-refractivity contribution is -0.151. The van der Waals surface area contributed by atoms with Crippen molar-refractivity contribution in [1.82, 2.24) is 9.78 Å². The second kappa shape index (κ2) is 5.33. The largest absolute Gasteiger partial charge is 0.395 e. The molecule has 0 aliphatic heterocycles. The third-order valence-electron chi connectivity index (χ3n) is 2.48. The smallest absolute Gasteiger partial charge is 0.299 e. The second-order valence-corrected chi connectivity index (χ2v) is 4.05. The van der Waals surface area contributed by atoms with Crippen molar-refractivity contribution in [3.8, 4) is 0 Å². The van der Waals surface area contributed by atoms with E-state index in [1.54, 1.807) is 16.9 Å². The van der Waals surface area contributed by atoms with Crippen LogP contribution in [0.3, 0.4) is 0 Å². The SMILES string of the molecule is CCC(C)n1ccc(CC(=O)CC(F)(F)F)n1. The Bertz CT molecular complexity index is 384. The van der Waals surface area contributed by atoms with E-state index in [4.69, 9.17) is 0 Å². The highest BCUT2D eigenvalue weighted by Crippen LogP contribution is 2.20. The third kappa shape index (κ3) is 4.58. The summed E-state index contributed by atoms with van der Waals surface area (Å²) < 4.78 is 37.5. The lowest BCUT2D eigenvalue weighted by Gasteiger charge is -2.08. The van der Waals surface area contributed by atoms with Gasteiger partial charge < -0.3 is 0 Å². The van der Waals surface area contributed by atoms with Crippen LogP contribution in [-0.4, -0.2) is 21.7 Å². The number of hydrogen-bond donors (Lipinski definition) is 0. The number of carbonyl (C=O) groups excluding carboxylic acids is 1. The minimum atomic E-state index is -4.43. The van der Waals surface area contributed by atoms with Crippen molar-refractivity contribution in [2.24, 2.45) is 0 Å². The molecule has 0 amide bonds. The molecule has 1 aromatic heterocycles. The maximum atomic E-state index is 12.0. The number of hydrogen-bond acceptors (Lipinski definition) is 2. The van der Waals surface area contributed by atoms with E-state index in [2.05, 4.69) is 5.10 Å². The van der Waals surface area contributed by atoms with E-state index < -0.39 is 18.4 Å². The summed E-state index contributed by atoms with van der Waals surface area (Å²) in [6.07, 6.45) is -3.52. The molecule has 0 aliphatic rings. The molecule has 17 heavy (non-hydrogen) atoms. The van der Waals surface area contributed by atoms with E-state index in [9.17, 15) is 18.0 Å². The van der Waals surface area contributed by atoms with Gasteiger partial charge in [0.2, 0.25) is 0 Å². The summed E-state index contributed by atoms with van der Waals surface area (Å²) >= 11 is 0. The molecular weight excluding hydrogens is 233 g/mol. The number of Topliss-reactive ketones (excluding diaryl/α,β-unsaturated/α-hetero) is 1. The topological polar surface area (TPSA) is 34.9 Å². The number of ketones is 1. The first-order chi connectivity index (χ1) is 7.81. The van der Waals surface area contributed by atoms with Crippen LogP contribution in [0.2, 0.25) is 0 Å². The summed E-state index contributed by atoms with van der Waals surface area (Å²) in [6.45, 7) is 3.94. The molecule has 3 nitrogen and oxygen atoms in total. The number of nitrogens with zero attached hydrogens (tertiary/aromatic N) is 2. The van der Waals surface area contributed by atoms with Crippen LogP contribution >= 0.6 is 0 Å². The molecule has 0 N–H and O–H groups in total. The van der Waals surface area contributed by atoms with E-state index in [1.807, 2.05) is 13.8 Å². The zero-order chi connectivity index (χ0) is 13.1. The lowest BCUT2D eigenvalue weighted by atomic mass is 10.2. The van der Waals surface area contributed by atoms with Gasteiger partial charge in [0.1, 0.15) is 12.2 Å². The summed E-state index contributed by atoms with van der Waals surface area (Å²) in [4.78, 5) is 11.1. The standard InChI is InChI=1S/C11H15F3N2O/c1-3-8(2)16-5-4-9(15-16)6-10(17)7-11(12,13)14/h4-5,8H,3,6-7H2,1-2H3. The maximum Gasteiger partial charge on any atom is 0.395 e. The maximum absolute atomic E-state index is 12.0. The molecule has 1 atom stereocenters. The second-order valence-electron chi connectivity index (χ2n) is 4.05. The highest BCUT2D eigenvalue weighted by Gasteiger charge is 2.31. The average Bonchev–Trinajstić information content (AvgIpc) is 2.62. The number of alkyl halides is 3. The van der Waals surface area contributed by atoms with Crippen molar-refractivity contribution in [3.63, 3.8) is 0 Å². The lowest BCUT2D eigenvalue weighted by Crippen LogP contribution is -2.17. The Hall–Kier alpha value is -1.33. The van der Waals surface area contributed by atoms with Crippen molar-refractivity contribution < 1.29 is 18.0 Å². The van der Waals surface area contributed by atoms with Gasteiger partial charge in [0.25, 0.3) is 0 Å². The number of carbonyl (C=O) groups is 1. The van der Waals surface area contributed by atoms with Crippen LogP contribution in [0.5, 0.6) is 0 Å². The predicted molar refractivity (Wildman–Crippen MR) is 56.6 cm³/mol. The van der Waals surface area contributed by atoms with Gasteiger partial charge in [0, 0.05) is 12.2 Å². The molecule has 0 spiro atoms. The zero-order valence-corrected chi connectivity index (χ0v) is 9.79. The Morgan fingerprint density at radius 2 is 2.18 bits per heavy atom. The van der Waals surface area contributed by atoms with Gasteiger partial charge in [0.15, 0.2) is 0 Å². The molecule has 0 aromatic carbocycles. The van der Waals surface area contributed by atoms with Gasteiger partial charge in [-0.1, -0.05) is 6.92 Å². The van der Waals surface area contributed by atoms with Gasteiger partial charge in [-0.25, -0.2) is 0 Å². The fourth-order valence-corrected chi connectivity index (χ4v) is 1.39. The van der Waals surface area contributed by atoms with E-state index in [0.717, 1.165) is 6.42 Å². The average molecular weight is 248 g/mol. The van der Waals surface area contributed by atoms with Crippen LogP contribution in [0, 0.1) is 0 Å². The van der Waals surface area contributed by atoms with Crippen LogP contribution in [-0.2, 0) is 11.2 Å². The normalized spacial score (nSPS) is 13.7. The van der Waals surface area contributed by atoms with Crippen LogP contribution < -0.4 is 0 Å². The fraction of sp³-hybridized carbons (Fsp3) is 0.636. The van der Waals surface area contributed by atoms with Crippen molar-refractivity contribution >= 4 is 5.78 Å². The molecule has 0 saturated carbocycles. The van der Waals surface area contributed by atoms with Crippen LogP contribution in [0.1, 0.15) is 38.4 Å². The molecule has 1 rings (SSSR count). The number of halogens is 3. The molecular formula is C11H15F3N2O. The third-order valence-corrected chi connectivity index (χ3v) is 2.48. The predicted octanol–water partition coefficient (Wildman–Crippen LogP) is 2.92. The molecule has 96 valence electrons. The molecule has 1 heterocycles. The van der Waals surface area contributed by atoms with Crippen LogP contribution in [0.25, 0.3) is 0 Å². The van der Waals surface area contributed by atoms with Gasteiger partial charge in [-0.2, -0.15) is 18.3 Å². The first-order valence-corrected chi connectivity index (χ1v) is 5.44. The molecule has 0 radical (unpaired) electrons. The minimum Gasteiger partial charge on any atom is -0.299 e. The number of aromatic nitrogens is 2. The zero-order valence-electron chi connectivity index (χ0n) is 9.79. The summed E-state index contributed by atoms with van der Waals surface area (Å²) in [6, 6.07) is 1.77. The van der Waals surface area contributed by atoms with Gasteiger partial charge in [-0.3, -0.25) is 9.48 Å².